The quantitative estimate of drug-likeness (QED) is 0.787. The van der Waals surface area contributed by atoms with E-state index >= 15 is 0 Å². The van der Waals surface area contributed by atoms with E-state index in [0.29, 0.717) is 6.42 Å². The number of fused-ring (bicyclic) bond motifs is 1. The summed E-state index contributed by atoms with van der Waals surface area (Å²) in [5.41, 5.74) is 1.96. The summed E-state index contributed by atoms with van der Waals surface area (Å²) in [6.45, 7) is 1.57. The highest BCUT2D eigenvalue weighted by Crippen LogP contribution is 2.33. The molecule has 2 unspecified atom stereocenters. The average molecular weight is 377 g/mol. The number of aryl methyl sites for hydroxylation is 1. The molecule has 1 heterocycles. The Labute approximate surface area is 163 Å². The summed E-state index contributed by atoms with van der Waals surface area (Å²) >= 11 is 0. The van der Waals surface area contributed by atoms with Crippen molar-refractivity contribution >= 4 is 17.8 Å². The molecule has 0 saturated carbocycles. The van der Waals surface area contributed by atoms with Crippen molar-refractivity contribution in [2.45, 2.75) is 37.8 Å². The Hall–Kier alpha value is -3.15. The summed E-state index contributed by atoms with van der Waals surface area (Å²) in [7, 11) is 0. The third-order valence-electron chi connectivity index (χ3n) is 5.74. The molecule has 6 heteroatoms. The average Bonchev–Trinajstić information content (AvgIpc) is 3.23. The lowest BCUT2D eigenvalue weighted by Gasteiger charge is -2.25. The molecule has 1 aliphatic heterocycles. The Morgan fingerprint density at radius 1 is 1.14 bits per heavy atom. The molecule has 2 aromatic rings. The lowest BCUT2D eigenvalue weighted by atomic mass is 9.87. The Morgan fingerprint density at radius 3 is 2.61 bits per heavy atom. The maximum Gasteiger partial charge on any atom is 0.325 e. The first-order valence-electron chi connectivity index (χ1n) is 9.62. The molecule has 144 valence electrons. The van der Waals surface area contributed by atoms with Gasteiger partial charge in [-0.15, -0.1) is 0 Å². The van der Waals surface area contributed by atoms with Gasteiger partial charge in [0, 0.05) is 0 Å². The smallest absolute Gasteiger partial charge is 0.325 e. The zero-order valence-electron chi connectivity index (χ0n) is 15.8. The molecule has 4 rings (SSSR count). The van der Waals surface area contributed by atoms with Gasteiger partial charge < -0.3 is 10.6 Å². The van der Waals surface area contributed by atoms with E-state index in [1.54, 1.807) is 0 Å². The van der Waals surface area contributed by atoms with E-state index in [1.165, 1.54) is 5.56 Å². The van der Waals surface area contributed by atoms with Crippen molar-refractivity contribution in [1.82, 2.24) is 15.5 Å². The van der Waals surface area contributed by atoms with Crippen LogP contribution in [0.25, 0.3) is 0 Å². The molecule has 2 aromatic carbocycles. The second kappa shape index (κ2) is 7.11. The first-order chi connectivity index (χ1) is 13.5. The van der Waals surface area contributed by atoms with Gasteiger partial charge in [-0.2, -0.15) is 0 Å². The number of benzene rings is 2. The Balaban J connectivity index is 1.49. The number of imide groups is 1. The third kappa shape index (κ3) is 2.95. The minimum atomic E-state index is -1.11. The van der Waals surface area contributed by atoms with Gasteiger partial charge in [0.25, 0.3) is 5.91 Å². The summed E-state index contributed by atoms with van der Waals surface area (Å²) in [5.74, 6) is -0.710. The number of hydrogen-bond acceptors (Lipinski definition) is 3. The first kappa shape index (κ1) is 18.2. The van der Waals surface area contributed by atoms with Crippen molar-refractivity contribution in [1.29, 1.82) is 0 Å². The van der Waals surface area contributed by atoms with Crippen LogP contribution >= 0.6 is 0 Å². The van der Waals surface area contributed by atoms with Crippen LogP contribution in [0.15, 0.2) is 54.6 Å². The summed E-state index contributed by atoms with van der Waals surface area (Å²) in [5, 5.41) is 5.78. The van der Waals surface area contributed by atoms with Crippen LogP contribution < -0.4 is 10.6 Å². The van der Waals surface area contributed by atoms with E-state index in [1.807, 2.05) is 55.5 Å². The molecule has 2 N–H and O–H groups in total. The molecule has 6 nitrogen and oxygen atoms in total. The maximum atomic E-state index is 13.1. The topological polar surface area (TPSA) is 78.5 Å². The first-order valence-corrected chi connectivity index (χ1v) is 9.62. The molecule has 1 aliphatic carbocycles. The molecule has 0 bridgehead atoms. The van der Waals surface area contributed by atoms with Gasteiger partial charge in [0.2, 0.25) is 5.91 Å². The molecule has 4 amide bonds. The fourth-order valence-electron chi connectivity index (χ4n) is 4.22. The number of urea groups is 1. The highest BCUT2D eigenvalue weighted by Gasteiger charge is 2.51. The van der Waals surface area contributed by atoms with Crippen LogP contribution in [0.1, 0.15) is 42.5 Å². The summed E-state index contributed by atoms with van der Waals surface area (Å²) in [6.07, 6.45) is 2.15. The number of carbonyl (C=O) groups excluding carboxylic acids is 3. The van der Waals surface area contributed by atoms with Crippen LogP contribution in [0.3, 0.4) is 0 Å². The number of nitrogens with zero attached hydrogens (tertiary/aromatic N) is 1. The van der Waals surface area contributed by atoms with Crippen molar-refractivity contribution in [3.63, 3.8) is 0 Å². The molecule has 0 spiro atoms. The highest BCUT2D eigenvalue weighted by molar-refractivity contribution is 6.09. The van der Waals surface area contributed by atoms with Gasteiger partial charge in [0.05, 0.1) is 6.04 Å². The fraction of sp³-hybridized carbons (Fsp3) is 0.318. The summed E-state index contributed by atoms with van der Waals surface area (Å²) in [4.78, 5) is 39.2. The van der Waals surface area contributed by atoms with Crippen LogP contribution in [0.5, 0.6) is 0 Å². The zero-order chi connectivity index (χ0) is 19.7. The monoisotopic (exact) mass is 377 g/mol. The number of carbonyl (C=O) groups is 3. The van der Waals surface area contributed by atoms with Gasteiger partial charge >= 0.3 is 6.03 Å². The molecule has 28 heavy (non-hydrogen) atoms. The van der Waals surface area contributed by atoms with Crippen molar-refractivity contribution in [3.05, 3.63) is 71.3 Å². The van der Waals surface area contributed by atoms with Gasteiger partial charge in [-0.1, -0.05) is 61.5 Å². The van der Waals surface area contributed by atoms with E-state index in [2.05, 4.69) is 16.7 Å². The predicted molar refractivity (Wildman–Crippen MR) is 104 cm³/mol. The Bertz CT molecular complexity index is 928. The van der Waals surface area contributed by atoms with E-state index in [-0.39, 0.29) is 24.4 Å². The standard InChI is InChI=1S/C22H23N3O3/c1-2-22(16-9-4-3-5-10-16)20(27)25(21(28)24-22)14-19(26)23-18-13-12-15-8-6-7-11-17(15)18/h3-11,18H,2,12-14H2,1H3,(H,23,26)(H,24,28). The van der Waals surface area contributed by atoms with Crippen LogP contribution in [-0.4, -0.2) is 29.3 Å². The van der Waals surface area contributed by atoms with E-state index in [4.69, 9.17) is 0 Å². The predicted octanol–water partition coefficient (Wildman–Crippen LogP) is 2.65. The number of nitrogens with one attached hydrogen (secondary N) is 2. The molecular formula is C22H23N3O3. The second-order valence-corrected chi connectivity index (χ2v) is 7.30. The number of hydrogen-bond donors (Lipinski definition) is 2. The van der Waals surface area contributed by atoms with Gasteiger partial charge in [0.15, 0.2) is 0 Å². The summed E-state index contributed by atoms with van der Waals surface area (Å²) < 4.78 is 0. The van der Waals surface area contributed by atoms with Crippen molar-refractivity contribution < 1.29 is 14.4 Å². The van der Waals surface area contributed by atoms with Crippen LogP contribution in [0.4, 0.5) is 4.79 Å². The maximum absolute atomic E-state index is 13.1. The van der Waals surface area contributed by atoms with Crippen LogP contribution in [0.2, 0.25) is 0 Å². The lowest BCUT2D eigenvalue weighted by Crippen LogP contribution is -2.45. The van der Waals surface area contributed by atoms with E-state index in [9.17, 15) is 14.4 Å². The third-order valence-corrected chi connectivity index (χ3v) is 5.74. The SMILES string of the molecule is CCC1(c2ccccc2)NC(=O)N(CC(=O)NC2CCc3ccccc32)C1=O. The fourth-order valence-corrected chi connectivity index (χ4v) is 4.22. The lowest BCUT2D eigenvalue weighted by molar-refractivity contribution is -0.135. The van der Waals surface area contributed by atoms with Crippen molar-refractivity contribution in [2.24, 2.45) is 0 Å². The minimum absolute atomic E-state index is 0.0745. The van der Waals surface area contributed by atoms with Crippen LogP contribution in [0, 0.1) is 0 Å². The van der Waals surface area contributed by atoms with E-state index < -0.39 is 11.6 Å². The minimum Gasteiger partial charge on any atom is -0.348 e. The molecule has 0 aromatic heterocycles. The Kier molecular flexibility index (Phi) is 4.63. The van der Waals surface area contributed by atoms with Crippen molar-refractivity contribution in [2.75, 3.05) is 6.54 Å². The largest absolute Gasteiger partial charge is 0.348 e. The van der Waals surface area contributed by atoms with Crippen LogP contribution in [-0.2, 0) is 21.5 Å². The molecule has 1 saturated heterocycles. The Morgan fingerprint density at radius 2 is 1.86 bits per heavy atom. The number of amides is 4. The van der Waals surface area contributed by atoms with Gasteiger partial charge in [-0.05, 0) is 36.0 Å². The van der Waals surface area contributed by atoms with Gasteiger partial charge in [-0.3, -0.25) is 14.5 Å². The number of rotatable bonds is 5. The zero-order valence-corrected chi connectivity index (χ0v) is 15.8. The normalized spacial score (nSPS) is 23.5. The molecule has 0 radical (unpaired) electrons. The van der Waals surface area contributed by atoms with E-state index in [0.717, 1.165) is 28.9 Å². The van der Waals surface area contributed by atoms with Gasteiger partial charge in [0.1, 0.15) is 12.1 Å². The summed E-state index contributed by atoms with van der Waals surface area (Å²) in [6, 6.07) is 16.6. The second-order valence-electron chi connectivity index (χ2n) is 7.30. The van der Waals surface area contributed by atoms with Crippen molar-refractivity contribution in [3.8, 4) is 0 Å². The molecule has 1 fully saturated rings. The molecular weight excluding hydrogens is 354 g/mol. The molecule has 2 aliphatic rings. The molecule has 2 atom stereocenters. The highest BCUT2D eigenvalue weighted by atomic mass is 16.2. The van der Waals surface area contributed by atoms with Gasteiger partial charge in [-0.25, -0.2) is 4.79 Å².